The average molecular weight is 402 g/mol. The minimum atomic E-state index is -0.496. The van der Waals surface area contributed by atoms with Gasteiger partial charge < -0.3 is 15.6 Å². The van der Waals surface area contributed by atoms with Gasteiger partial charge in [0.25, 0.3) is 11.6 Å². The number of carbonyl (C=O) groups is 1. The lowest BCUT2D eigenvalue weighted by molar-refractivity contribution is -0.384. The number of nitrogens with two attached hydrogens (primary N) is 1. The normalized spacial score (nSPS) is 18.5. The molecular weight excluding hydrogens is 381 g/mol. The van der Waals surface area contributed by atoms with Crippen LogP contribution >= 0.6 is 24.8 Å². The molecule has 1 aromatic heterocycles. The number of nitro benzene ring substituents is 1. The zero-order chi connectivity index (χ0) is 17.1. The number of rotatable bonds is 5. The first kappa shape index (κ1) is 21.9. The summed E-state index contributed by atoms with van der Waals surface area (Å²) in [5.74, 6) is -0.0326. The molecule has 1 fully saturated rings. The van der Waals surface area contributed by atoms with Crippen molar-refractivity contribution in [3.63, 3.8) is 0 Å². The quantitative estimate of drug-likeness (QED) is 0.589. The second kappa shape index (κ2) is 9.51. The summed E-state index contributed by atoms with van der Waals surface area (Å²) < 4.78 is 1.54. The van der Waals surface area contributed by atoms with Gasteiger partial charge in [0.2, 0.25) is 0 Å². The number of carbonyl (C=O) groups excluding carboxylic acids is 1. The molecule has 1 aliphatic rings. The van der Waals surface area contributed by atoms with Crippen molar-refractivity contribution in [3.8, 4) is 5.69 Å². The van der Waals surface area contributed by atoms with Gasteiger partial charge in [-0.05, 0) is 37.4 Å². The minimum absolute atomic E-state index is 0. The van der Waals surface area contributed by atoms with Crippen LogP contribution < -0.4 is 11.1 Å². The molecule has 2 unspecified atom stereocenters. The van der Waals surface area contributed by atoms with Crippen LogP contribution in [0.25, 0.3) is 5.69 Å². The lowest BCUT2D eigenvalue weighted by Crippen LogP contribution is -2.39. The van der Waals surface area contributed by atoms with E-state index in [0.29, 0.717) is 12.2 Å². The van der Waals surface area contributed by atoms with Crippen LogP contribution in [0.3, 0.4) is 0 Å². The highest BCUT2D eigenvalue weighted by molar-refractivity contribution is 5.95. The summed E-state index contributed by atoms with van der Waals surface area (Å²) in [6.07, 6.45) is 7.56. The molecule has 1 heterocycles. The molecule has 26 heavy (non-hydrogen) atoms. The van der Waals surface area contributed by atoms with Gasteiger partial charge in [-0.15, -0.1) is 24.8 Å². The summed E-state index contributed by atoms with van der Waals surface area (Å²) in [4.78, 5) is 27.2. The highest BCUT2D eigenvalue weighted by Gasteiger charge is 2.28. The van der Waals surface area contributed by atoms with Crippen LogP contribution in [0.1, 0.15) is 29.6 Å². The van der Waals surface area contributed by atoms with E-state index in [9.17, 15) is 14.9 Å². The Hall–Kier alpha value is -2.16. The van der Waals surface area contributed by atoms with E-state index in [1.54, 1.807) is 22.9 Å². The number of hydrogen-bond acceptors (Lipinski definition) is 5. The van der Waals surface area contributed by atoms with Crippen LogP contribution in [0, 0.1) is 16.0 Å². The predicted octanol–water partition coefficient (Wildman–Crippen LogP) is 2.48. The van der Waals surface area contributed by atoms with E-state index in [4.69, 9.17) is 5.73 Å². The van der Waals surface area contributed by atoms with Gasteiger partial charge in [0.15, 0.2) is 0 Å². The molecule has 1 aromatic carbocycles. The summed E-state index contributed by atoms with van der Waals surface area (Å²) in [5, 5.41) is 14.3. The highest BCUT2D eigenvalue weighted by Crippen LogP contribution is 2.27. The topological polar surface area (TPSA) is 116 Å². The Morgan fingerprint density at radius 2 is 2.15 bits per heavy atom. The van der Waals surface area contributed by atoms with Gasteiger partial charge in [0.1, 0.15) is 5.69 Å². The third-order valence-electron chi connectivity index (χ3n) is 4.50. The first-order valence-electron chi connectivity index (χ1n) is 7.88. The van der Waals surface area contributed by atoms with Crippen LogP contribution in [-0.2, 0) is 0 Å². The zero-order valence-corrected chi connectivity index (χ0v) is 15.5. The molecule has 142 valence electrons. The molecule has 0 saturated heterocycles. The van der Waals surface area contributed by atoms with E-state index in [1.165, 1.54) is 18.6 Å². The average Bonchev–Trinajstić information content (AvgIpc) is 3.25. The largest absolute Gasteiger partial charge is 0.349 e. The van der Waals surface area contributed by atoms with E-state index in [2.05, 4.69) is 10.3 Å². The predicted molar refractivity (Wildman–Crippen MR) is 102 cm³/mol. The number of imidazole rings is 1. The summed E-state index contributed by atoms with van der Waals surface area (Å²) in [5.41, 5.74) is 6.23. The maximum atomic E-state index is 12.4. The lowest BCUT2D eigenvalue weighted by Gasteiger charge is -2.19. The number of nitrogens with one attached hydrogen (secondary N) is 1. The van der Waals surface area contributed by atoms with E-state index in [1.807, 2.05) is 0 Å². The van der Waals surface area contributed by atoms with Gasteiger partial charge in [-0.25, -0.2) is 4.98 Å². The number of halogens is 2. The molecule has 2 atom stereocenters. The van der Waals surface area contributed by atoms with Crippen molar-refractivity contribution in [1.29, 1.82) is 0 Å². The van der Waals surface area contributed by atoms with Crippen molar-refractivity contribution < 1.29 is 9.72 Å². The van der Waals surface area contributed by atoms with Gasteiger partial charge >= 0.3 is 0 Å². The number of nitro groups is 1. The van der Waals surface area contributed by atoms with E-state index in [-0.39, 0.29) is 53.9 Å². The van der Waals surface area contributed by atoms with Gasteiger partial charge in [-0.3, -0.25) is 14.9 Å². The molecular formula is C16H21Cl2N5O3. The Balaban J connectivity index is 0.00000169. The molecule has 10 heteroatoms. The van der Waals surface area contributed by atoms with Crippen LogP contribution in [-0.4, -0.2) is 33.0 Å². The first-order valence-corrected chi connectivity index (χ1v) is 7.88. The molecule has 0 aliphatic heterocycles. The fourth-order valence-corrected chi connectivity index (χ4v) is 3.19. The molecule has 3 N–H and O–H groups in total. The summed E-state index contributed by atoms with van der Waals surface area (Å²) in [6, 6.07) is 4.49. The van der Waals surface area contributed by atoms with Gasteiger partial charge in [-0.1, -0.05) is 6.42 Å². The van der Waals surface area contributed by atoms with Crippen LogP contribution in [0.2, 0.25) is 0 Å². The Kier molecular flexibility index (Phi) is 8.01. The summed E-state index contributed by atoms with van der Waals surface area (Å²) >= 11 is 0. The monoisotopic (exact) mass is 401 g/mol. The number of hydrogen-bond donors (Lipinski definition) is 2. The molecule has 0 spiro atoms. The van der Waals surface area contributed by atoms with E-state index >= 15 is 0 Å². The minimum Gasteiger partial charge on any atom is -0.349 e. The summed E-state index contributed by atoms with van der Waals surface area (Å²) in [7, 11) is 0. The van der Waals surface area contributed by atoms with Crippen molar-refractivity contribution in [1.82, 2.24) is 14.9 Å². The molecule has 0 radical (unpaired) electrons. The van der Waals surface area contributed by atoms with E-state index in [0.717, 1.165) is 19.3 Å². The van der Waals surface area contributed by atoms with Crippen LogP contribution in [0.4, 0.5) is 5.69 Å². The van der Waals surface area contributed by atoms with Gasteiger partial charge in [0, 0.05) is 30.1 Å². The maximum absolute atomic E-state index is 12.4. The first-order chi connectivity index (χ1) is 11.6. The Labute approximate surface area is 163 Å². The van der Waals surface area contributed by atoms with Crippen LogP contribution in [0.15, 0.2) is 36.9 Å². The van der Waals surface area contributed by atoms with Crippen molar-refractivity contribution in [2.75, 3.05) is 6.54 Å². The lowest BCUT2D eigenvalue weighted by atomic mass is 10.0. The van der Waals surface area contributed by atoms with Crippen molar-refractivity contribution in [2.45, 2.75) is 25.3 Å². The highest BCUT2D eigenvalue weighted by atomic mass is 35.5. The second-order valence-corrected chi connectivity index (χ2v) is 5.94. The zero-order valence-electron chi connectivity index (χ0n) is 13.9. The molecule has 1 amide bonds. The summed E-state index contributed by atoms with van der Waals surface area (Å²) in [6.45, 7) is 0.532. The smallest absolute Gasteiger partial charge is 0.294 e. The number of benzene rings is 1. The molecule has 3 rings (SSSR count). The Morgan fingerprint density at radius 3 is 2.77 bits per heavy atom. The van der Waals surface area contributed by atoms with Crippen molar-refractivity contribution in [2.24, 2.45) is 11.7 Å². The third kappa shape index (κ3) is 4.51. The van der Waals surface area contributed by atoms with Crippen molar-refractivity contribution >= 4 is 36.4 Å². The fraction of sp³-hybridized carbons (Fsp3) is 0.375. The van der Waals surface area contributed by atoms with Gasteiger partial charge in [-0.2, -0.15) is 0 Å². The standard InChI is InChI=1S/C16H19N5O3.2ClH/c17-9-12-2-1-3-13(12)19-16(22)11-4-5-14(15(8-11)21(23)24)20-7-6-18-10-20;;/h4-8,10,12-13H,1-3,9,17H2,(H,19,22);2*1H. The van der Waals surface area contributed by atoms with E-state index < -0.39 is 4.92 Å². The number of amides is 1. The molecule has 1 saturated carbocycles. The molecule has 8 nitrogen and oxygen atoms in total. The fourth-order valence-electron chi connectivity index (χ4n) is 3.19. The molecule has 1 aliphatic carbocycles. The van der Waals surface area contributed by atoms with Crippen LogP contribution in [0.5, 0.6) is 0 Å². The molecule has 0 bridgehead atoms. The number of nitrogens with zero attached hydrogens (tertiary/aromatic N) is 3. The Bertz CT molecular complexity index is 754. The Morgan fingerprint density at radius 1 is 1.38 bits per heavy atom. The van der Waals surface area contributed by atoms with Crippen molar-refractivity contribution in [3.05, 3.63) is 52.6 Å². The third-order valence-corrected chi connectivity index (χ3v) is 4.50. The molecule has 2 aromatic rings. The maximum Gasteiger partial charge on any atom is 0.294 e. The van der Waals surface area contributed by atoms with Gasteiger partial charge in [0.05, 0.1) is 11.3 Å². The SMILES string of the molecule is Cl.Cl.NCC1CCCC1NC(=O)c1ccc(-n2ccnc2)c([N+](=O)[O-])c1. The second-order valence-electron chi connectivity index (χ2n) is 5.94. The number of aromatic nitrogens is 2.